The molecule has 0 radical (unpaired) electrons. The van der Waals surface area contributed by atoms with E-state index in [1.54, 1.807) is 0 Å². The molecule has 1 aromatic carbocycles. The molecule has 0 aromatic heterocycles. The first-order chi connectivity index (χ1) is 13.8. The summed E-state index contributed by atoms with van der Waals surface area (Å²) in [6.45, 7) is 0.448. The number of carbonyl (C=O) groups excluding carboxylic acids is 1. The van der Waals surface area contributed by atoms with E-state index in [1.165, 1.54) is 69.8 Å². The van der Waals surface area contributed by atoms with Crippen LogP contribution < -0.4 is 0 Å². The second kappa shape index (κ2) is 8.16. The summed E-state index contributed by atoms with van der Waals surface area (Å²) >= 11 is 0. The van der Waals surface area contributed by atoms with E-state index in [9.17, 15) is 4.79 Å². The number of hydrogen-bond donors (Lipinski definition) is 0. The molecule has 2 saturated heterocycles. The highest BCUT2D eigenvalue weighted by molar-refractivity contribution is 5.78. The zero-order valence-corrected chi connectivity index (χ0v) is 16.8. The molecule has 0 N–H and O–H groups in total. The molecule has 152 valence electrons. The third kappa shape index (κ3) is 3.39. The number of benzene rings is 1. The maximum atomic E-state index is 13.0. The normalized spacial score (nSPS) is 35.5. The maximum Gasteiger partial charge on any atom is 0.326 e. The van der Waals surface area contributed by atoms with E-state index in [2.05, 4.69) is 35.2 Å². The molecule has 0 bridgehead atoms. The number of cyclic esters (lactones) is 1. The lowest BCUT2D eigenvalue weighted by molar-refractivity contribution is -0.165. The number of morpholine rings is 1. The van der Waals surface area contributed by atoms with Crippen molar-refractivity contribution in [2.24, 2.45) is 11.8 Å². The Kier molecular flexibility index (Phi) is 5.43. The van der Waals surface area contributed by atoms with E-state index in [4.69, 9.17) is 9.47 Å². The van der Waals surface area contributed by atoms with Gasteiger partial charge in [0.15, 0.2) is 0 Å². The third-order valence-electron chi connectivity index (χ3n) is 7.56. The lowest BCUT2D eigenvalue weighted by Gasteiger charge is -2.42. The van der Waals surface area contributed by atoms with Crippen LogP contribution in [0, 0.1) is 11.8 Å². The highest BCUT2D eigenvalue weighted by atomic mass is 16.6. The van der Waals surface area contributed by atoms with Crippen molar-refractivity contribution >= 4 is 5.97 Å². The van der Waals surface area contributed by atoms with Gasteiger partial charge in [-0.15, -0.1) is 0 Å². The Morgan fingerprint density at radius 1 is 0.821 bits per heavy atom. The topological polar surface area (TPSA) is 38.8 Å². The van der Waals surface area contributed by atoms with Crippen LogP contribution in [0.2, 0.25) is 0 Å². The molecule has 2 heterocycles. The summed E-state index contributed by atoms with van der Waals surface area (Å²) in [4.78, 5) is 15.4. The summed E-state index contributed by atoms with van der Waals surface area (Å²) in [7, 11) is 0. The molecule has 4 heteroatoms. The highest BCUT2D eigenvalue weighted by Crippen LogP contribution is 2.46. The van der Waals surface area contributed by atoms with Crippen LogP contribution in [0.1, 0.15) is 75.8 Å². The van der Waals surface area contributed by atoms with Crippen LogP contribution >= 0.6 is 0 Å². The van der Waals surface area contributed by atoms with E-state index in [1.807, 2.05) is 0 Å². The first kappa shape index (κ1) is 18.6. The van der Waals surface area contributed by atoms with Crippen molar-refractivity contribution in [3.8, 4) is 0 Å². The minimum Gasteiger partial charge on any atom is -0.462 e. The van der Waals surface area contributed by atoms with Gasteiger partial charge < -0.3 is 9.47 Å². The number of nitrogens with zero attached hydrogens (tertiary/aromatic N) is 1. The van der Waals surface area contributed by atoms with Crippen LogP contribution in [0.25, 0.3) is 0 Å². The maximum absolute atomic E-state index is 13.0. The summed E-state index contributed by atoms with van der Waals surface area (Å²) in [6, 6.07) is 10.5. The van der Waals surface area contributed by atoms with Gasteiger partial charge in [0.1, 0.15) is 18.9 Å². The second-order valence-corrected chi connectivity index (χ2v) is 9.24. The predicted octanol–water partition coefficient (Wildman–Crippen LogP) is 4.84. The van der Waals surface area contributed by atoms with E-state index in [-0.39, 0.29) is 30.4 Å². The molecule has 4 atom stereocenters. The zero-order chi connectivity index (χ0) is 18.9. The lowest BCUT2D eigenvalue weighted by atomic mass is 9.82. The van der Waals surface area contributed by atoms with E-state index in [0.717, 1.165) is 0 Å². The van der Waals surface area contributed by atoms with Crippen LogP contribution in [-0.4, -0.2) is 35.8 Å². The summed E-state index contributed by atoms with van der Waals surface area (Å²) in [5, 5.41) is 0. The Labute approximate surface area is 168 Å². The van der Waals surface area contributed by atoms with E-state index in [0.29, 0.717) is 18.4 Å². The molecular weight excluding hydrogens is 350 g/mol. The molecule has 0 spiro atoms. The Hall–Kier alpha value is -1.39. The van der Waals surface area contributed by atoms with Crippen LogP contribution in [0.5, 0.6) is 0 Å². The van der Waals surface area contributed by atoms with Gasteiger partial charge in [0.05, 0.1) is 12.1 Å². The fraction of sp³-hybridized carbons (Fsp3) is 0.708. The molecule has 28 heavy (non-hydrogen) atoms. The van der Waals surface area contributed by atoms with Crippen LogP contribution in [0.3, 0.4) is 0 Å². The van der Waals surface area contributed by atoms with Gasteiger partial charge in [-0.1, -0.05) is 68.9 Å². The molecule has 5 rings (SSSR count). The number of hydrogen-bond acceptors (Lipinski definition) is 4. The Morgan fingerprint density at radius 3 is 2.14 bits per heavy atom. The van der Waals surface area contributed by atoms with Gasteiger partial charge in [-0.05, 0) is 43.1 Å². The summed E-state index contributed by atoms with van der Waals surface area (Å²) in [5.74, 6) is 0.986. The third-order valence-corrected chi connectivity index (χ3v) is 7.56. The first-order valence-electron chi connectivity index (χ1n) is 11.5. The van der Waals surface area contributed by atoms with Crippen molar-refractivity contribution in [1.29, 1.82) is 0 Å². The molecule has 4 nitrogen and oxygen atoms in total. The highest BCUT2D eigenvalue weighted by Gasteiger charge is 2.56. The average molecular weight is 384 g/mol. The van der Waals surface area contributed by atoms with Gasteiger partial charge in [0.25, 0.3) is 0 Å². The lowest BCUT2D eigenvalue weighted by Crippen LogP contribution is -2.55. The molecule has 1 aromatic rings. The van der Waals surface area contributed by atoms with Crippen LogP contribution in [0.4, 0.5) is 0 Å². The molecule has 4 aliphatic rings. The van der Waals surface area contributed by atoms with E-state index < -0.39 is 0 Å². The Balaban J connectivity index is 1.49. The van der Waals surface area contributed by atoms with Gasteiger partial charge in [-0.2, -0.15) is 0 Å². The van der Waals surface area contributed by atoms with Crippen molar-refractivity contribution in [3.63, 3.8) is 0 Å². The van der Waals surface area contributed by atoms with Crippen molar-refractivity contribution in [2.75, 3.05) is 6.61 Å². The molecule has 2 saturated carbocycles. The van der Waals surface area contributed by atoms with Gasteiger partial charge in [-0.25, -0.2) is 0 Å². The minimum atomic E-state index is -0.228. The number of esters is 1. The summed E-state index contributed by atoms with van der Waals surface area (Å²) in [6.07, 6.45) is 12.7. The van der Waals surface area contributed by atoms with Gasteiger partial charge in [0, 0.05) is 0 Å². The van der Waals surface area contributed by atoms with Gasteiger partial charge >= 0.3 is 5.97 Å². The predicted molar refractivity (Wildman–Crippen MR) is 108 cm³/mol. The smallest absolute Gasteiger partial charge is 0.326 e. The minimum absolute atomic E-state index is 0.00578. The van der Waals surface area contributed by atoms with Gasteiger partial charge in [0.2, 0.25) is 0 Å². The van der Waals surface area contributed by atoms with Crippen molar-refractivity contribution in [2.45, 2.75) is 88.6 Å². The van der Waals surface area contributed by atoms with Crippen molar-refractivity contribution < 1.29 is 14.3 Å². The molecule has 4 fully saturated rings. The monoisotopic (exact) mass is 383 g/mol. The number of rotatable bonds is 3. The molecular formula is C24H33NO3. The molecule has 2 aliphatic heterocycles. The van der Waals surface area contributed by atoms with Crippen LogP contribution in [0.15, 0.2) is 30.3 Å². The number of ether oxygens (including phenoxy) is 2. The van der Waals surface area contributed by atoms with Crippen molar-refractivity contribution in [3.05, 3.63) is 35.9 Å². The summed E-state index contributed by atoms with van der Waals surface area (Å²) < 4.78 is 12.6. The second-order valence-electron chi connectivity index (χ2n) is 9.24. The number of fused-ring (bicyclic) bond motifs is 1. The summed E-state index contributed by atoms with van der Waals surface area (Å²) in [5.41, 5.74) is 1.24. The zero-order valence-electron chi connectivity index (χ0n) is 16.8. The molecule has 0 unspecified atom stereocenters. The largest absolute Gasteiger partial charge is 0.462 e. The van der Waals surface area contributed by atoms with Crippen molar-refractivity contribution in [1.82, 2.24) is 4.90 Å². The average Bonchev–Trinajstić information content (AvgIpc) is 3.17. The van der Waals surface area contributed by atoms with Crippen LogP contribution in [-0.2, 0) is 14.3 Å². The Morgan fingerprint density at radius 2 is 1.46 bits per heavy atom. The fourth-order valence-electron chi connectivity index (χ4n) is 6.14. The number of carbonyl (C=O) groups is 1. The Bertz CT molecular complexity index is 666. The van der Waals surface area contributed by atoms with E-state index >= 15 is 0 Å². The quantitative estimate of drug-likeness (QED) is 0.700. The standard InChI is InChI=1S/C24H33NO3/c26-24-21-22(18-12-6-2-7-13-18)28-23(19-14-8-3-9-15-19)25(21)20(16-27-24)17-10-4-1-5-11-17/h1,4-5,10-11,18-23H,2-3,6-9,12-16H2/t20-,21+,22-,23+/m1/s1. The molecule has 0 amide bonds. The fourth-order valence-corrected chi connectivity index (χ4v) is 6.14. The SMILES string of the molecule is O=C1OC[C@H](c2ccccc2)N2[C@H]1[C@@H](C1CCCCC1)O[C@H]2C1CCCCC1. The first-order valence-corrected chi connectivity index (χ1v) is 11.5. The molecule has 2 aliphatic carbocycles. The van der Waals surface area contributed by atoms with Gasteiger partial charge in [-0.3, -0.25) is 9.69 Å².